The van der Waals surface area contributed by atoms with Gasteiger partial charge in [0.25, 0.3) is 5.91 Å². The van der Waals surface area contributed by atoms with Crippen molar-refractivity contribution in [2.24, 2.45) is 0 Å². The molecule has 0 aliphatic carbocycles. The Hall–Kier alpha value is -2.01. The first kappa shape index (κ1) is 15.4. The number of carbonyl (C=O) groups is 1. The highest BCUT2D eigenvalue weighted by molar-refractivity contribution is 7.85. The molecule has 0 unspecified atom stereocenters. The van der Waals surface area contributed by atoms with Crippen molar-refractivity contribution < 1.29 is 9.00 Å². The van der Waals surface area contributed by atoms with Crippen molar-refractivity contribution in [3.8, 4) is 0 Å². The highest BCUT2D eigenvalue weighted by Crippen LogP contribution is 2.13. The Balaban J connectivity index is 2.09. The zero-order valence-corrected chi connectivity index (χ0v) is 13.1. The van der Waals surface area contributed by atoms with Crippen molar-refractivity contribution in [1.82, 2.24) is 4.98 Å². The number of amides is 1. The molecule has 2 rings (SSSR count). The van der Waals surface area contributed by atoms with Crippen LogP contribution in [0.15, 0.2) is 47.5 Å². The van der Waals surface area contributed by atoms with Gasteiger partial charge in [0.2, 0.25) is 0 Å². The molecule has 4 nitrogen and oxygen atoms in total. The van der Waals surface area contributed by atoms with Crippen LogP contribution in [-0.4, -0.2) is 20.3 Å². The first-order chi connectivity index (χ1) is 9.97. The normalized spacial score (nSPS) is 12.2. The molecule has 0 saturated heterocycles. The van der Waals surface area contributed by atoms with Crippen LogP contribution in [0.5, 0.6) is 0 Å². The number of nitrogens with zero attached hydrogens (tertiary/aromatic N) is 1. The minimum Gasteiger partial charge on any atom is -0.307 e. The van der Waals surface area contributed by atoms with Crippen LogP contribution in [0.25, 0.3) is 0 Å². The zero-order valence-electron chi connectivity index (χ0n) is 12.3. The Morgan fingerprint density at radius 2 is 1.81 bits per heavy atom. The molecule has 0 aliphatic heterocycles. The summed E-state index contributed by atoms with van der Waals surface area (Å²) in [6.45, 7) is 5.74. The van der Waals surface area contributed by atoms with E-state index in [1.165, 1.54) is 0 Å². The molecular weight excluding hydrogens is 284 g/mol. The molecule has 0 bridgehead atoms. The molecule has 1 N–H and O–H groups in total. The Labute approximate surface area is 127 Å². The molecule has 0 fully saturated rings. The maximum atomic E-state index is 12.1. The van der Waals surface area contributed by atoms with Gasteiger partial charge in [0, 0.05) is 21.9 Å². The molecule has 1 atom stereocenters. The van der Waals surface area contributed by atoms with Crippen molar-refractivity contribution in [2.45, 2.75) is 30.9 Å². The average molecular weight is 302 g/mol. The van der Waals surface area contributed by atoms with E-state index in [0.717, 1.165) is 10.5 Å². The Kier molecular flexibility index (Phi) is 4.85. The van der Waals surface area contributed by atoms with E-state index in [4.69, 9.17) is 0 Å². The number of benzene rings is 1. The second-order valence-electron chi connectivity index (χ2n) is 5.05. The van der Waals surface area contributed by atoms with Crippen LogP contribution in [0.2, 0.25) is 0 Å². The molecule has 0 saturated carbocycles. The highest BCUT2D eigenvalue weighted by atomic mass is 32.2. The van der Waals surface area contributed by atoms with Gasteiger partial charge in [-0.05, 0) is 42.8 Å². The quantitative estimate of drug-likeness (QED) is 0.943. The molecule has 1 heterocycles. The summed E-state index contributed by atoms with van der Waals surface area (Å²) in [4.78, 5) is 17.0. The third-order valence-corrected chi connectivity index (χ3v) is 4.52. The highest BCUT2D eigenvalue weighted by Gasteiger charge is 2.11. The van der Waals surface area contributed by atoms with E-state index in [1.54, 1.807) is 36.5 Å². The summed E-state index contributed by atoms with van der Waals surface area (Å²) in [6, 6.07) is 10.5. The average Bonchev–Trinajstić information content (AvgIpc) is 2.49. The van der Waals surface area contributed by atoms with Crippen LogP contribution >= 0.6 is 0 Å². The van der Waals surface area contributed by atoms with Gasteiger partial charge in [0.05, 0.1) is 10.8 Å². The third kappa shape index (κ3) is 3.98. The smallest absolute Gasteiger partial charge is 0.256 e. The van der Waals surface area contributed by atoms with Crippen molar-refractivity contribution in [3.63, 3.8) is 0 Å². The van der Waals surface area contributed by atoms with Crippen molar-refractivity contribution in [3.05, 3.63) is 53.7 Å². The summed E-state index contributed by atoms with van der Waals surface area (Å²) in [5, 5.41) is 2.79. The number of aryl methyl sites for hydroxylation is 1. The summed E-state index contributed by atoms with van der Waals surface area (Å²) in [7, 11) is -1.04. The predicted octanol–water partition coefficient (Wildman–Crippen LogP) is 3.16. The first-order valence-corrected chi connectivity index (χ1v) is 7.93. The summed E-state index contributed by atoms with van der Waals surface area (Å²) >= 11 is 0. The summed E-state index contributed by atoms with van der Waals surface area (Å²) in [6.07, 6.45) is 1.70. The largest absolute Gasteiger partial charge is 0.307 e. The molecule has 110 valence electrons. The van der Waals surface area contributed by atoms with Gasteiger partial charge in [0.15, 0.2) is 0 Å². The number of hydrogen-bond acceptors (Lipinski definition) is 3. The number of anilines is 1. The van der Waals surface area contributed by atoms with Gasteiger partial charge in [0.1, 0.15) is 5.82 Å². The molecule has 0 spiro atoms. The van der Waals surface area contributed by atoms with Gasteiger partial charge in [-0.1, -0.05) is 19.9 Å². The van der Waals surface area contributed by atoms with Crippen molar-refractivity contribution in [2.75, 3.05) is 5.32 Å². The molecule has 1 aromatic carbocycles. The number of nitrogens with one attached hydrogen (secondary N) is 1. The molecule has 21 heavy (non-hydrogen) atoms. The van der Waals surface area contributed by atoms with E-state index in [9.17, 15) is 9.00 Å². The maximum absolute atomic E-state index is 12.1. The number of aromatic nitrogens is 1. The topological polar surface area (TPSA) is 59.1 Å². The lowest BCUT2D eigenvalue weighted by molar-refractivity contribution is 0.102. The van der Waals surface area contributed by atoms with E-state index >= 15 is 0 Å². The van der Waals surface area contributed by atoms with Crippen molar-refractivity contribution >= 4 is 22.5 Å². The van der Waals surface area contributed by atoms with Gasteiger partial charge in [-0.3, -0.25) is 9.00 Å². The second kappa shape index (κ2) is 6.63. The van der Waals surface area contributed by atoms with E-state index in [1.807, 2.05) is 26.8 Å². The van der Waals surface area contributed by atoms with Gasteiger partial charge in [-0.15, -0.1) is 0 Å². The lowest BCUT2D eigenvalue weighted by atomic mass is 10.2. The fourth-order valence-electron chi connectivity index (χ4n) is 1.74. The van der Waals surface area contributed by atoms with Gasteiger partial charge >= 0.3 is 0 Å². The molecule has 0 aliphatic rings. The number of carbonyl (C=O) groups excluding carboxylic acids is 1. The van der Waals surface area contributed by atoms with Crippen LogP contribution in [0.3, 0.4) is 0 Å². The SMILES string of the molecule is Cc1ccc(NC(=O)c2ccc([S@](=O)C(C)C)cc2)nc1. The van der Waals surface area contributed by atoms with Crippen LogP contribution in [0.1, 0.15) is 29.8 Å². The maximum Gasteiger partial charge on any atom is 0.256 e. The molecule has 0 radical (unpaired) electrons. The zero-order chi connectivity index (χ0) is 15.4. The third-order valence-electron chi connectivity index (χ3n) is 2.93. The van der Waals surface area contributed by atoms with Crippen LogP contribution in [0.4, 0.5) is 5.82 Å². The minimum atomic E-state index is -1.04. The second-order valence-corrected chi connectivity index (χ2v) is 7.05. The lowest BCUT2D eigenvalue weighted by Gasteiger charge is -2.07. The lowest BCUT2D eigenvalue weighted by Crippen LogP contribution is -2.13. The number of pyridine rings is 1. The Morgan fingerprint density at radius 1 is 1.14 bits per heavy atom. The van der Waals surface area contributed by atoms with E-state index in [-0.39, 0.29) is 11.2 Å². The summed E-state index contributed by atoms with van der Waals surface area (Å²) in [5.41, 5.74) is 1.55. The molecule has 5 heteroatoms. The molecule has 1 amide bonds. The Bertz CT molecular complexity index is 649. The summed E-state index contributed by atoms with van der Waals surface area (Å²) in [5.74, 6) is 0.286. The van der Waals surface area contributed by atoms with Gasteiger partial charge < -0.3 is 5.32 Å². The number of rotatable bonds is 4. The fourth-order valence-corrected chi connectivity index (χ4v) is 2.69. The van der Waals surface area contributed by atoms with Crippen LogP contribution in [-0.2, 0) is 10.8 Å². The van der Waals surface area contributed by atoms with Crippen molar-refractivity contribution in [1.29, 1.82) is 0 Å². The van der Waals surface area contributed by atoms with Crippen LogP contribution < -0.4 is 5.32 Å². The Morgan fingerprint density at radius 3 is 2.33 bits per heavy atom. The molecule has 2 aromatic rings. The first-order valence-electron chi connectivity index (χ1n) is 6.72. The molecular formula is C16H18N2O2S. The van der Waals surface area contributed by atoms with Crippen LogP contribution in [0, 0.1) is 6.92 Å². The van der Waals surface area contributed by atoms with E-state index in [2.05, 4.69) is 10.3 Å². The van der Waals surface area contributed by atoms with Gasteiger partial charge in [-0.2, -0.15) is 0 Å². The van der Waals surface area contributed by atoms with E-state index < -0.39 is 10.8 Å². The minimum absolute atomic E-state index is 0.0569. The van der Waals surface area contributed by atoms with E-state index in [0.29, 0.717) is 11.4 Å². The fraction of sp³-hybridized carbons (Fsp3) is 0.250. The van der Waals surface area contributed by atoms with Gasteiger partial charge in [-0.25, -0.2) is 4.98 Å². The predicted molar refractivity (Wildman–Crippen MR) is 84.9 cm³/mol. The monoisotopic (exact) mass is 302 g/mol. The standard InChI is InChI=1S/C16H18N2O2S/c1-11(2)21(20)14-7-5-13(6-8-14)16(19)18-15-9-4-12(3)10-17-15/h4-11H,1-3H3,(H,17,18,19)/t21-/m1/s1. The molecule has 1 aromatic heterocycles. The number of hydrogen-bond donors (Lipinski definition) is 1. The summed E-state index contributed by atoms with van der Waals surface area (Å²) < 4.78 is 11.9.